The van der Waals surface area contributed by atoms with Gasteiger partial charge in [0.25, 0.3) is 0 Å². The van der Waals surface area contributed by atoms with E-state index in [0.29, 0.717) is 10.9 Å². The van der Waals surface area contributed by atoms with Gasteiger partial charge < -0.3 is 13.9 Å². The molecule has 2 atom stereocenters. The van der Waals surface area contributed by atoms with Gasteiger partial charge in [0.2, 0.25) is 5.78 Å². The van der Waals surface area contributed by atoms with E-state index in [4.69, 9.17) is 4.52 Å². The van der Waals surface area contributed by atoms with Gasteiger partial charge in [0.1, 0.15) is 0 Å². The van der Waals surface area contributed by atoms with Crippen LogP contribution >= 0.6 is 7.60 Å². The summed E-state index contributed by atoms with van der Waals surface area (Å²) in [6.45, 7) is 4.32. The largest absolute Gasteiger partial charge is 0.433 e. The van der Waals surface area contributed by atoms with Gasteiger partial charge in [-0.25, -0.2) is 4.57 Å². The van der Waals surface area contributed by atoms with Crippen LogP contribution in [0.5, 0.6) is 0 Å². The van der Waals surface area contributed by atoms with Crippen LogP contribution in [0.2, 0.25) is 0 Å². The zero-order chi connectivity index (χ0) is 24.1. The number of hydrogen-bond acceptors (Lipinski definition) is 2. The molecule has 0 aromatic heterocycles. The van der Waals surface area contributed by atoms with E-state index in [9.17, 15) is 9.46 Å². The summed E-state index contributed by atoms with van der Waals surface area (Å²) in [4.78, 5) is 10.4. The van der Waals surface area contributed by atoms with Crippen LogP contribution in [0.1, 0.15) is 136 Å². The summed E-state index contributed by atoms with van der Waals surface area (Å²) in [6, 6.07) is 0. The molecule has 0 spiro atoms. The third-order valence-electron chi connectivity index (χ3n) is 6.35. The Balaban J connectivity index is 3.57. The van der Waals surface area contributed by atoms with Crippen LogP contribution in [-0.4, -0.2) is 36.3 Å². The van der Waals surface area contributed by atoms with Crippen LogP contribution in [-0.2, 0) is 9.09 Å². The monoisotopic (exact) mass is 474 g/mol. The number of hydrogen-bond donors (Lipinski definition) is 1. The zero-order valence-corrected chi connectivity index (χ0v) is 23.2. The highest BCUT2D eigenvalue weighted by Crippen LogP contribution is 2.52. The van der Waals surface area contributed by atoms with Crippen molar-refractivity contribution < 1.29 is 18.5 Å². The number of quaternary nitrogens is 1. The van der Waals surface area contributed by atoms with E-state index in [1.165, 1.54) is 103 Å². The molecule has 0 heterocycles. The Morgan fingerprint density at radius 2 is 1.12 bits per heavy atom. The summed E-state index contributed by atoms with van der Waals surface area (Å²) in [5.74, 6) is -0.382. The highest BCUT2D eigenvalue weighted by Gasteiger charge is 2.42. The van der Waals surface area contributed by atoms with E-state index in [-0.39, 0.29) is 5.78 Å². The predicted octanol–water partition coefficient (Wildman–Crippen LogP) is 9.19. The van der Waals surface area contributed by atoms with E-state index in [0.717, 1.165) is 19.3 Å². The van der Waals surface area contributed by atoms with E-state index in [1.807, 2.05) is 34.1 Å². The third kappa shape index (κ3) is 18.2. The van der Waals surface area contributed by atoms with Gasteiger partial charge in [-0.2, -0.15) is 0 Å². The maximum absolute atomic E-state index is 12.6. The minimum Gasteiger partial charge on any atom is -0.429 e. The number of nitrogens with zero attached hydrogens (tertiary/aromatic N) is 1. The molecule has 0 aromatic rings. The standard InChI is InChI=1S/C27H56NO3P/c1-6-8-9-10-11-12-13-14-15-16-17-18-19-20-21-22-23-24-26-31-32(29,30)27(25-7-2)28(3,4)5/h24,26-27H,6-23,25H2,1-5H3/p+1. The van der Waals surface area contributed by atoms with Gasteiger partial charge in [0.15, 0.2) is 0 Å². The first-order chi connectivity index (χ1) is 15.3. The van der Waals surface area contributed by atoms with Gasteiger partial charge in [0.05, 0.1) is 27.4 Å². The lowest BCUT2D eigenvalue weighted by Crippen LogP contribution is -2.44. The third-order valence-corrected chi connectivity index (χ3v) is 8.48. The van der Waals surface area contributed by atoms with Crippen LogP contribution in [0.3, 0.4) is 0 Å². The predicted molar refractivity (Wildman–Crippen MR) is 141 cm³/mol. The molecule has 0 saturated heterocycles. The van der Waals surface area contributed by atoms with Crippen LogP contribution in [0.25, 0.3) is 0 Å². The molecule has 0 fully saturated rings. The second kappa shape index (κ2) is 20.1. The highest BCUT2D eigenvalue weighted by atomic mass is 31.2. The maximum Gasteiger partial charge on any atom is 0.433 e. The molecule has 5 heteroatoms. The van der Waals surface area contributed by atoms with Gasteiger partial charge in [-0.1, -0.05) is 110 Å². The molecule has 192 valence electrons. The number of unbranched alkanes of at least 4 members (excludes halogenated alkanes) is 16. The summed E-state index contributed by atoms with van der Waals surface area (Å²) >= 11 is 0. The van der Waals surface area contributed by atoms with Crippen LogP contribution < -0.4 is 0 Å². The molecule has 0 aromatic carbocycles. The summed E-state index contributed by atoms with van der Waals surface area (Å²) in [5, 5.41) is 0. The van der Waals surface area contributed by atoms with Gasteiger partial charge in [0, 0.05) is 6.42 Å². The molecular formula is C27H57NO3P+. The Labute approximate surface area is 201 Å². The first-order valence-electron chi connectivity index (χ1n) is 13.7. The normalized spacial score (nSPS) is 15.2. The van der Waals surface area contributed by atoms with Crippen molar-refractivity contribution in [3.05, 3.63) is 12.3 Å². The van der Waals surface area contributed by atoms with Crippen molar-refractivity contribution in [2.45, 2.75) is 142 Å². The quantitative estimate of drug-likeness (QED) is 0.0695. The summed E-state index contributed by atoms with van der Waals surface area (Å²) in [7, 11) is 2.21. The summed E-state index contributed by atoms with van der Waals surface area (Å²) < 4.78 is 18.4. The minimum absolute atomic E-state index is 0.382. The maximum atomic E-state index is 12.6. The molecule has 0 bridgehead atoms. The molecule has 0 amide bonds. The van der Waals surface area contributed by atoms with Crippen LogP contribution in [0.15, 0.2) is 12.3 Å². The minimum atomic E-state index is -3.65. The van der Waals surface area contributed by atoms with Gasteiger partial charge in [-0.15, -0.1) is 0 Å². The van der Waals surface area contributed by atoms with Gasteiger partial charge in [-0.3, -0.25) is 0 Å². The fourth-order valence-corrected chi connectivity index (χ4v) is 6.19. The molecule has 4 nitrogen and oxygen atoms in total. The smallest absolute Gasteiger partial charge is 0.429 e. The van der Waals surface area contributed by atoms with Crippen molar-refractivity contribution >= 4 is 7.60 Å². The molecular weight excluding hydrogens is 417 g/mol. The van der Waals surface area contributed by atoms with E-state index < -0.39 is 7.60 Å². The Morgan fingerprint density at radius 1 is 0.719 bits per heavy atom. The Bertz CT molecular complexity index is 488. The molecule has 32 heavy (non-hydrogen) atoms. The molecule has 0 rings (SSSR count). The fourth-order valence-electron chi connectivity index (χ4n) is 4.33. The number of rotatable bonds is 23. The SMILES string of the molecule is CCCCCCCCCCCCCCCCCCC=COP(=O)(O)C(CCC)[N+](C)(C)C. The highest BCUT2D eigenvalue weighted by molar-refractivity contribution is 7.53. The van der Waals surface area contributed by atoms with Crippen molar-refractivity contribution in [3.63, 3.8) is 0 Å². The second-order valence-corrected chi connectivity index (χ2v) is 12.5. The average molecular weight is 475 g/mol. The van der Waals surface area contributed by atoms with Crippen molar-refractivity contribution in [2.24, 2.45) is 0 Å². The zero-order valence-electron chi connectivity index (χ0n) is 22.3. The Hall–Kier alpha value is -0.310. The van der Waals surface area contributed by atoms with Crippen molar-refractivity contribution in [1.82, 2.24) is 0 Å². The molecule has 2 unspecified atom stereocenters. The molecule has 1 N–H and O–H groups in total. The van der Waals surface area contributed by atoms with Crippen LogP contribution in [0.4, 0.5) is 0 Å². The first-order valence-corrected chi connectivity index (χ1v) is 15.4. The topological polar surface area (TPSA) is 46.5 Å². The average Bonchev–Trinajstić information content (AvgIpc) is 2.72. The summed E-state index contributed by atoms with van der Waals surface area (Å²) in [6.07, 6.45) is 27.8. The van der Waals surface area contributed by atoms with Gasteiger partial charge >= 0.3 is 7.60 Å². The molecule has 0 aliphatic carbocycles. The van der Waals surface area contributed by atoms with Gasteiger partial charge in [-0.05, 0) is 25.3 Å². The van der Waals surface area contributed by atoms with E-state index >= 15 is 0 Å². The Kier molecular flexibility index (Phi) is 19.9. The van der Waals surface area contributed by atoms with Crippen molar-refractivity contribution in [2.75, 3.05) is 21.1 Å². The van der Waals surface area contributed by atoms with Crippen molar-refractivity contribution in [1.29, 1.82) is 0 Å². The Morgan fingerprint density at radius 3 is 1.50 bits per heavy atom. The fraction of sp³-hybridized carbons (Fsp3) is 0.926. The molecule has 0 aliphatic heterocycles. The lowest BCUT2D eigenvalue weighted by molar-refractivity contribution is -0.883. The molecule has 0 saturated carbocycles. The second-order valence-electron chi connectivity index (χ2n) is 10.5. The molecule has 0 aliphatic rings. The first kappa shape index (κ1) is 31.7. The van der Waals surface area contributed by atoms with Crippen LogP contribution in [0, 0.1) is 0 Å². The lowest BCUT2D eigenvalue weighted by Gasteiger charge is -2.35. The van der Waals surface area contributed by atoms with E-state index in [1.54, 1.807) is 0 Å². The molecule has 0 radical (unpaired) electrons. The van der Waals surface area contributed by atoms with E-state index in [2.05, 4.69) is 6.92 Å². The summed E-state index contributed by atoms with van der Waals surface area (Å²) in [5.41, 5.74) is 0. The van der Waals surface area contributed by atoms with Crippen molar-refractivity contribution in [3.8, 4) is 0 Å². The number of allylic oxidation sites excluding steroid dienone is 1. The lowest BCUT2D eigenvalue weighted by atomic mass is 10.0.